The van der Waals surface area contributed by atoms with Crippen molar-refractivity contribution >= 4 is 28.6 Å². The molecular formula is C9H8F2INO2. The van der Waals surface area contributed by atoms with Gasteiger partial charge in [0, 0.05) is 9.13 Å². The molecule has 0 aliphatic rings. The summed E-state index contributed by atoms with van der Waals surface area (Å²) in [5.41, 5.74) is 0.444. The second-order valence-corrected chi connectivity index (χ2v) is 4.05. The third kappa shape index (κ3) is 3.08. The van der Waals surface area contributed by atoms with Crippen LogP contribution in [0.5, 0.6) is 0 Å². The van der Waals surface area contributed by atoms with Gasteiger partial charge in [0.05, 0.1) is 17.8 Å². The summed E-state index contributed by atoms with van der Waals surface area (Å²) >= 11 is 1.78. The summed E-state index contributed by atoms with van der Waals surface area (Å²) in [6.45, 7) is 1.58. The number of hydrogen-bond donors (Lipinski definition) is 1. The molecule has 0 aliphatic heterocycles. The maximum atomic E-state index is 12.5. The lowest BCUT2D eigenvalue weighted by molar-refractivity contribution is -0.136. The lowest BCUT2D eigenvalue weighted by Crippen LogP contribution is -2.06. The Hall–Kier alpha value is -0.790. The number of rotatable bonds is 3. The summed E-state index contributed by atoms with van der Waals surface area (Å²) in [5, 5.41) is 8.53. The molecule has 0 fully saturated rings. The Kier molecular flexibility index (Phi) is 3.95. The SMILES string of the molecule is Cc1nc(CC(=O)O)cc(C(F)F)c1I. The van der Waals surface area contributed by atoms with Crippen LogP contribution >= 0.6 is 22.6 Å². The van der Waals surface area contributed by atoms with Crippen molar-refractivity contribution in [1.82, 2.24) is 4.98 Å². The van der Waals surface area contributed by atoms with Crippen molar-refractivity contribution in [3.8, 4) is 0 Å². The van der Waals surface area contributed by atoms with Gasteiger partial charge in [0.2, 0.25) is 0 Å². The van der Waals surface area contributed by atoms with Crippen LogP contribution < -0.4 is 0 Å². The van der Waals surface area contributed by atoms with E-state index in [1.807, 2.05) is 0 Å². The number of alkyl halides is 2. The van der Waals surface area contributed by atoms with Crippen LogP contribution in [0.1, 0.15) is 23.4 Å². The molecule has 3 nitrogen and oxygen atoms in total. The van der Waals surface area contributed by atoms with E-state index in [1.165, 1.54) is 0 Å². The van der Waals surface area contributed by atoms with Gasteiger partial charge in [-0.3, -0.25) is 9.78 Å². The number of hydrogen-bond acceptors (Lipinski definition) is 2. The largest absolute Gasteiger partial charge is 0.481 e. The molecule has 0 saturated heterocycles. The van der Waals surface area contributed by atoms with E-state index in [2.05, 4.69) is 4.98 Å². The van der Waals surface area contributed by atoms with Gasteiger partial charge in [-0.1, -0.05) is 0 Å². The maximum Gasteiger partial charge on any atom is 0.309 e. The van der Waals surface area contributed by atoms with Gasteiger partial charge < -0.3 is 5.11 Å². The topological polar surface area (TPSA) is 50.2 Å². The van der Waals surface area contributed by atoms with E-state index in [0.29, 0.717) is 9.26 Å². The molecule has 0 amide bonds. The number of halogens is 3. The molecule has 1 aromatic rings. The third-order valence-corrected chi connectivity index (χ3v) is 3.18. The summed E-state index contributed by atoms with van der Waals surface area (Å²) in [6.07, 6.45) is -2.94. The lowest BCUT2D eigenvalue weighted by atomic mass is 10.1. The molecule has 0 aliphatic carbocycles. The Labute approximate surface area is 98.7 Å². The number of aromatic nitrogens is 1. The van der Waals surface area contributed by atoms with Gasteiger partial charge in [-0.05, 0) is 35.6 Å². The zero-order chi connectivity index (χ0) is 11.6. The first-order chi connectivity index (χ1) is 6.91. The Morgan fingerprint density at radius 1 is 1.67 bits per heavy atom. The van der Waals surface area contributed by atoms with Gasteiger partial charge in [0.25, 0.3) is 6.43 Å². The minimum Gasteiger partial charge on any atom is -0.481 e. The summed E-state index contributed by atoms with van der Waals surface area (Å²) in [6, 6.07) is 1.15. The molecule has 1 aromatic heterocycles. The van der Waals surface area contributed by atoms with E-state index in [-0.39, 0.29) is 17.7 Å². The van der Waals surface area contributed by atoms with E-state index in [9.17, 15) is 13.6 Å². The van der Waals surface area contributed by atoms with Gasteiger partial charge in [-0.15, -0.1) is 0 Å². The highest BCUT2D eigenvalue weighted by Crippen LogP contribution is 2.26. The first-order valence-corrected chi connectivity index (χ1v) is 5.15. The highest BCUT2D eigenvalue weighted by atomic mass is 127. The molecule has 0 bridgehead atoms. The Morgan fingerprint density at radius 3 is 2.73 bits per heavy atom. The maximum absolute atomic E-state index is 12.5. The van der Waals surface area contributed by atoms with Crippen molar-refractivity contribution < 1.29 is 18.7 Å². The van der Waals surface area contributed by atoms with Crippen LogP contribution in [-0.2, 0) is 11.2 Å². The molecule has 1 N–H and O–H groups in total. The van der Waals surface area contributed by atoms with Gasteiger partial charge in [0.15, 0.2) is 0 Å². The summed E-state index contributed by atoms with van der Waals surface area (Å²) in [7, 11) is 0. The van der Waals surface area contributed by atoms with Crippen molar-refractivity contribution in [1.29, 1.82) is 0 Å². The van der Waals surface area contributed by atoms with Crippen molar-refractivity contribution in [3.63, 3.8) is 0 Å². The number of pyridine rings is 1. The molecule has 82 valence electrons. The molecule has 1 rings (SSSR count). The van der Waals surface area contributed by atoms with E-state index in [1.54, 1.807) is 29.5 Å². The molecule has 0 radical (unpaired) electrons. The second-order valence-electron chi connectivity index (χ2n) is 2.97. The summed E-state index contributed by atoms with van der Waals surface area (Å²) in [4.78, 5) is 14.4. The molecular weight excluding hydrogens is 319 g/mol. The smallest absolute Gasteiger partial charge is 0.309 e. The predicted molar refractivity (Wildman–Crippen MR) is 58.0 cm³/mol. The number of carboxylic acid groups (broad SMARTS) is 1. The van der Waals surface area contributed by atoms with Gasteiger partial charge in [-0.25, -0.2) is 8.78 Å². The van der Waals surface area contributed by atoms with E-state index >= 15 is 0 Å². The minimum absolute atomic E-state index is 0.153. The normalized spacial score (nSPS) is 10.7. The monoisotopic (exact) mass is 327 g/mol. The highest BCUT2D eigenvalue weighted by molar-refractivity contribution is 14.1. The average molecular weight is 327 g/mol. The van der Waals surface area contributed by atoms with Crippen LogP contribution in [-0.4, -0.2) is 16.1 Å². The quantitative estimate of drug-likeness (QED) is 0.868. The highest BCUT2D eigenvalue weighted by Gasteiger charge is 2.16. The zero-order valence-electron chi connectivity index (χ0n) is 7.80. The average Bonchev–Trinajstić information content (AvgIpc) is 2.09. The van der Waals surface area contributed by atoms with Crippen LogP contribution in [0.15, 0.2) is 6.07 Å². The second kappa shape index (κ2) is 4.82. The molecule has 6 heteroatoms. The van der Waals surface area contributed by atoms with Crippen molar-refractivity contribution in [2.75, 3.05) is 0 Å². The minimum atomic E-state index is -2.61. The fourth-order valence-electron chi connectivity index (χ4n) is 1.15. The van der Waals surface area contributed by atoms with Crippen LogP contribution in [0.4, 0.5) is 8.78 Å². The first kappa shape index (κ1) is 12.3. The standard InChI is InChI=1S/C9H8F2INO2/c1-4-8(12)6(9(10)11)2-5(13-4)3-7(14)15/h2,9H,3H2,1H3,(H,14,15). The number of nitrogens with zero attached hydrogens (tertiary/aromatic N) is 1. The predicted octanol–water partition coefficient (Wildman–Crippen LogP) is 2.56. The van der Waals surface area contributed by atoms with Gasteiger partial charge in [0.1, 0.15) is 0 Å². The van der Waals surface area contributed by atoms with Crippen LogP contribution in [0, 0.1) is 10.5 Å². The molecule has 15 heavy (non-hydrogen) atoms. The molecule has 1 heterocycles. The van der Waals surface area contributed by atoms with Crippen LogP contribution in [0.3, 0.4) is 0 Å². The Balaban J connectivity index is 3.17. The Morgan fingerprint density at radius 2 is 2.27 bits per heavy atom. The molecule has 0 saturated carbocycles. The van der Waals surface area contributed by atoms with E-state index in [4.69, 9.17) is 5.11 Å². The van der Waals surface area contributed by atoms with Crippen molar-refractivity contribution in [3.05, 3.63) is 26.6 Å². The first-order valence-electron chi connectivity index (χ1n) is 4.07. The molecule has 0 aromatic carbocycles. The number of aliphatic carboxylic acids is 1. The van der Waals surface area contributed by atoms with Gasteiger partial charge in [-0.2, -0.15) is 0 Å². The molecule has 0 atom stereocenters. The fraction of sp³-hybridized carbons (Fsp3) is 0.333. The number of carboxylic acids is 1. The lowest BCUT2D eigenvalue weighted by Gasteiger charge is -2.08. The Bertz CT molecular complexity index is 396. The van der Waals surface area contributed by atoms with Crippen LogP contribution in [0.25, 0.3) is 0 Å². The van der Waals surface area contributed by atoms with E-state index in [0.717, 1.165) is 6.07 Å². The zero-order valence-corrected chi connectivity index (χ0v) is 9.96. The van der Waals surface area contributed by atoms with Gasteiger partial charge >= 0.3 is 5.97 Å². The number of carbonyl (C=O) groups is 1. The van der Waals surface area contributed by atoms with Crippen LogP contribution in [0.2, 0.25) is 0 Å². The van der Waals surface area contributed by atoms with E-state index < -0.39 is 12.4 Å². The third-order valence-electron chi connectivity index (χ3n) is 1.77. The molecule has 0 spiro atoms. The fourth-order valence-corrected chi connectivity index (χ4v) is 1.66. The van der Waals surface area contributed by atoms with Crippen molar-refractivity contribution in [2.24, 2.45) is 0 Å². The molecule has 0 unspecified atom stereocenters. The summed E-state index contributed by atoms with van der Waals surface area (Å²) in [5.74, 6) is -1.08. The van der Waals surface area contributed by atoms with Crippen molar-refractivity contribution in [2.45, 2.75) is 19.8 Å². The summed E-state index contributed by atoms with van der Waals surface area (Å²) < 4.78 is 25.5. The number of aryl methyl sites for hydroxylation is 1.